The maximum absolute atomic E-state index is 13.9. The molecule has 1 aliphatic rings. The van der Waals surface area contributed by atoms with Crippen LogP contribution in [-0.2, 0) is 6.54 Å². The minimum absolute atomic E-state index is 0.208. The molecule has 0 amide bonds. The van der Waals surface area contributed by atoms with Crippen molar-refractivity contribution in [1.29, 1.82) is 0 Å². The van der Waals surface area contributed by atoms with Gasteiger partial charge in [0.15, 0.2) is 0 Å². The molecule has 2 aromatic carbocycles. The van der Waals surface area contributed by atoms with E-state index in [1.165, 1.54) is 16.7 Å². The van der Waals surface area contributed by atoms with Crippen LogP contribution in [0.2, 0.25) is 5.02 Å². The number of hydrogen-bond acceptors (Lipinski definition) is 2. The number of rotatable bonds is 4. The van der Waals surface area contributed by atoms with Gasteiger partial charge in [0.1, 0.15) is 18.1 Å². The first kappa shape index (κ1) is 16.1. The molecular formula is C18H21ClFN2O+. The summed E-state index contributed by atoms with van der Waals surface area (Å²) in [6.45, 7) is 4.43. The van der Waals surface area contributed by atoms with E-state index in [0.29, 0.717) is 17.1 Å². The average molecular weight is 336 g/mol. The zero-order valence-electron chi connectivity index (χ0n) is 13.2. The second-order valence-corrected chi connectivity index (χ2v) is 6.22. The first-order chi connectivity index (χ1) is 11.2. The van der Waals surface area contributed by atoms with Crippen LogP contribution in [0, 0.1) is 5.82 Å². The summed E-state index contributed by atoms with van der Waals surface area (Å²) in [4.78, 5) is 3.70. The van der Waals surface area contributed by atoms with Crippen LogP contribution in [0.4, 0.5) is 10.1 Å². The van der Waals surface area contributed by atoms with Crippen LogP contribution in [0.15, 0.2) is 42.5 Å². The highest BCUT2D eigenvalue weighted by molar-refractivity contribution is 6.31. The molecule has 0 bridgehead atoms. The van der Waals surface area contributed by atoms with E-state index in [4.69, 9.17) is 16.3 Å². The van der Waals surface area contributed by atoms with Crippen LogP contribution >= 0.6 is 11.6 Å². The Labute approximate surface area is 141 Å². The summed E-state index contributed by atoms with van der Waals surface area (Å²) < 4.78 is 19.2. The van der Waals surface area contributed by atoms with Crippen LogP contribution in [0.25, 0.3) is 0 Å². The number of hydrogen-bond donors (Lipinski definition) is 1. The van der Waals surface area contributed by atoms with Gasteiger partial charge < -0.3 is 14.5 Å². The lowest BCUT2D eigenvalue weighted by atomic mass is 10.1. The fraction of sp³-hybridized carbons (Fsp3) is 0.333. The number of piperazine rings is 1. The van der Waals surface area contributed by atoms with Gasteiger partial charge in [0.25, 0.3) is 0 Å². The number of nitrogens with one attached hydrogen (secondary N) is 1. The summed E-state index contributed by atoms with van der Waals surface area (Å²) in [6.07, 6.45) is 0. The van der Waals surface area contributed by atoms with Crippen molar-refractivity contribution in [3.8, 4) is 5.75 Å². The largest absolute Gasteiger partial charge is 0.497 e. The first-order valence-corrected chi connectivity index (χ1v) is 8.20. The molecule has 2 aromatic rings. The van der Waals surface area contributed by atoms with Crippen molar-refractivity contribution >= 4 is 17.3 Å². The highest BCUT2D eigenvalue weighted by atomic mass is 35.5. The van der Waals surface area contributed by atoms with Crippen LogP contribution in [0.1, 0.15) is 5.56 Å². The van der Waals surface area contributed by atoms with Crippen molar-refractivity contribution in [2.24, 2.45) is 0 Å². The van der Waals surface area contributed by atoms with Crippen LogP contribution in [-0.4, -0.2) is 33.3 Å². The number of halogens is 2. The van der Waals surface area contributed by atoms with Crippen LogP contribution in [0.3, 0.4) is 0 Å². The van der Waals surface area contributed by atoms with E-state index in [2.05, 4.69) is 17.0 Å². The summed E-state index contributed by atoms with van der Waals surface area (Å²) in [7, 11) is 1.68. The van der Waals surface area contributed by atoms with Crippen molar-refractivity contribution in [2.75, 3.05) is 38.2 Å². The second kappa shape index (κ2) is 7.20. The number of anilines is 1. The Kier molecular flexibility index (Phi) is 5.03. The lowest BCUT2D eigenvalue weighted by Gasteiger charge is -2.34. The molecule has 0 aromatic heterocycles. The standard InChI is InChI=1S/C18H20ClFN2O/c1-23-15-5-2-4-14(12-15)22-10-8-21(9-11-22)13-16-17(19)6-3-7-18(16)20/h2-7,12H,8-11,13H2,1H3/p+1. The predicted molar refractivity (Wildman–Crippen MR) is 91.0 cm³/mol. The molecule has 1 aliphatic heterocycles. The Bertz CT molecular complexity index is 652. The summed E-state index contributed by atoms with van der Waals surface area (Å²) >= 11 is 6.13. The van der Waals surface area contributed by atoms with Crippen molar-refractivity contribution in [3.05, 3.63) is 58.9 Å². The molecule has 0 atom stereocenters. The molecule has 0 radical (unpaired) electrons. The van der Waals surface area contributed by atoms with Crippen molar-refractivity contribution < 1.29 is 14.0 Å². The van der Waals surface area contributed by atoms with Gasteiger partial charge in [-0.1, -0.05) is 23.7 Å². The van der Waals surface area contributed by atoms with Crippen molar-refractivity contribution in [3.63, 3.8) is 0 Å². The molecule has 1 saturated heterocycles. The van der Waals surface area contributed by atoms with Crippen LogP contribution < -0.4 is 14.5 Å². The molecule has 0 aliphatic carbocycles. The van der Waals surface area contributed by atoms with Crippen molar-refractivity contribution in [1.82, 2.24) is 0 Å². The first-order valence-electron chi connectivity index (χ1n) is 7.83. The number of benzene rings is 2. The van der Waals surface area contributed by atoms with E-state index in [1.54, 1.807) is 19.2 Å². The van der Waals surface area contributed by atoms with Gasteiger partial charge in [-0.25, -0.2) is 4.39 Å². The topological polar surface area (TPSA) is 16.9 Å². The lowest BCUT2D eigenvalue weighted by molar-refractivity contribution is -0.914. The summed E-state index contributed by atoms with van der Waals surface area (Å²) in [5, 5.41) is 0.521. The zero-order chi connectivity index (χ0) is 16.2. The third-order valence-corrected chi connectivity index (χ3v) is 4.73. The molecule has 1 N–H and O–H groups in total. The highest BCUT2D eigenvalue weighted by Gasteiger charge is 2.22. The average Bonchev–Trinajstić information content (AvgIpc) is 2.59. The van der Waals surface area contributed by atoms with Gasteiger partial charge >= 0.3 is 0 Å². The number of quaternary nitrogens is 1. The quantitative estimate of drug-likeness (QED) is 0.924. The Balaban J connectivity index is 1.62. The second-order valence-electron chi connectivity index (χ2n) is 5.82. The summed E-state index contributed by atoms with van der Waals surface area (Å²) in [5.41, 5.74) is 1.80. The van der Waals surface area contributed by atoms with E-state index in [-0.39, 0.29) is 5.82 Å². The maximum atomic E-state index is 13.9. The van der Waals surface area contributed by atoms with E-state index < -0.39 is 0 Å². The summed E-state index contributed by atoms with van der Waals surface area (Å²) in [5.74, 6) is 0.663. The van der Waals surface area contributed by atoms with E-state index >= 15 is 0 Å². The zero-order valence-corrected chi connectivity index (χ0v) is 13.9. The van der Waals surface area contributed by atoms with Gasteiger partial charge in [-0.15, -0.1) is 0 Å². The SMILES string of the molecule is COc1cccc(N2CC[NH+](Cc3c(F)cccc3Cl)CC2)c1. The predicted octanol–water partition coefficient (Wildman–Crippen LogP) is 2.39. The molecule has 122 valence electrons. The molecule has 1 heterocycles. The Hall–Kier alpha value is -1.78. The monoisotopic (exact) mass is 335 g/mol. The number of ether oxygens (including phenoxy) is 1. The maximum Gasteiger partial charge on any atom is 0.133 e. The summed E-state index contributed by atoms with van der Waals surface area (Å²) in [6, 6.07) is 13.0. The highest BCUT2D eigenvalue weighted by Crippen LogP contribution is 2.21. The molecule has 0 saturated carbocycles. The third kappa shape index (κ3) is 3.77. The fourth-order valence-corrected chi connectivity index (χ4v) is 3.25. The van der Waals surface area contributed by atoms with Crippen LogP contribution in [0.5, 0.6) is 5.75 Å². The van der Waals surface area contributed by atoms with Gasteiger partial charge in [0, 0.05) is 11.8 Å². The van der Waals surface area contributed by atoms with Gasteiger partial charge in [-0.2, -0.15) is 0 Å². The Morgan fingerprint density at radius 2 is 1.91 bits per heavy atom. The molecule has 0 spiro atoms. The van der Waals surface area contributed by atoms with Gasteiger partial charge in [-0.3, -0.25) is 0 Å². The van der Waals surface area contributed by atoms with E-state index in [9.17, 15) is 4.39 Å². The molecule has 5 heteroatoms. The minimum Gasteiger partial charge on any atom is -0.497 e. The molecular weight excluding hydrogens is 315 g/mol. The molecule has 1 fully saturated rings. The molecule has 3 nitrogen and oxygen atoms in total. The number of methoxy groups -OCH3 is 1. The lowest BCUT2D eigenvalue weighted by Crippen LogP contribution is -3.13. The number of nitrogens with zero attached hydrogens (tertiary/aromatic N) is 1. The Morgan fingerprint density at radius 3 is 2.61 bits per heavy atom. The fourth-order valence-electron chi connectivity index (χ4n) is 3.02. The normalized spacial score (nSPS) is 15.7. The smallest absolute Gasteiger partial charge is 0.133 e. The van der Waals surface area contributed by atoms with Gasteiger partial charge in [0.05, 0.1) is 43.9 Å². The Morgan fingerprint density at radius 1 is 1.17 bits per heavy atom. The molecule has 3 rings (SSSR count). The van der Waals surface area contributed by atoms with Gasteiger partial charge in [0.2, 0.25) is 0 Å². The molecule has 0 unspecified atom stereocenters. The molecule has 23 heavy (non-hydrogen) atoms. The van der Waals surface area contributed by atoms with E-state index in [0.717, 1.165) is 31.9 Å². The van der Waals surface area contributed by atoms with Gasteiger partial charge in [-0.05, 0) is 24.3 Å². The van der Waals surface area contributed by atoms with Crippen molar-refractivity contribution in [2.45, 2.75) is 6.54 Å². The third-order valence-electron chi connectivity index (χ3n) is 4.38. The van der Waals surface area contributed by atoms with E-state index in [1.807, 2.05) is 12.1 Å². The minimum atomic E-state index is -0.208.